The molecule has 0 spiro atoms. The number of halogens is 1. The Hall–Kier alpha value is -1.82. The van der Waals surface area contributed by atoms with Gasteiger partial charge in [0.25, 0.3) is 0 Å². The Morgan fingerprint density at radius 1 is 1.52 bits per heavy atom. The van der Waals surface area contributed by atoms with Crippen molar-refractivity contribution in [3.05, 3.63) is 24.0 Å². The third-order valence-electron chi connectivity index (χ3n) is 3.07. The number of nitrogens with one attached hydrogen (secondary N) is 2. The maximum Gasteiger partial charge on any atom is 0.319 e. The number of anilines is 1. The topological polar surface area (TPSA) is 59.6 Å². The van der Waals surface area contributed by atoms with Crippen LogP contribution in [-0.2, 0) is 4.74 Å². The number of hydrogen-bond acceptors (Lipinski definition) is 3. The highest BCUT2D eigenvalue weighted by Crippen LogP contribution is 2.26. The minimum absolute atomic E-state index is 0.0639. The van der Waals surface area contributed by atoms with Gasteiger partial charge >= 0.3 is 6.03 Å². The van der Waals surface area contributed by atoms with Crippen LogP contribution in [0.5, 0.6) is 5.75 Å². The second-order valence-corrected chi connectivity index (χ2v) is 5.28. The van der Waals surface area contributed by atoms with Crippen LogP contribution in [-0.4, -0.2) is 31.4 Å². The molecule has 1 heterocycles. The molecule has 1 fully saturated rings. The number of hydrogen-bond donors (Lipinski definition) is 2. The molecular weight excluding hydrogens is 275 g/mol. The molecule has 0 radical (unpaired) electrons. The Morgan fingerprint density at radius 2 is 2.33 bits per heavy atom. The lowest BCUT2D eigenvalue weighted by Gasteiger charge is -2.16. The molecule has 0 bridgehead atoms. The number of carbonyl (C=O) groups excluding carboxylic acids is 1. The van der Waals surface area contributed by atoms with E-state index in [-0.39, 0.29) is 12.2 Å². The first kappa shape index (κ1) is 15.6. The quantitative estimate of drug-likeness (QED) is 0.878. The number of urea groups is 1. The van der Waals surface area contributed by atoms with E-state index in [2.05, 4.69) is 10.6 Å². The molecule has 0 unspecified atom stereocenters. The highest BCUT2D eigenvalue weighted by Gasteiger charge is 2.17. The second kappa shape index (κ2) is 7.26. The van der Waals surface area contributed by atoms with Gasteiger partial charge < -0.3 is 20.1 Å². The number of amides is 2. The average Bonchev–Trinajstić information content (AvgIpc) is 2.92. The van der Waals surface area contributed by atoms with Gasteiger partial charge in [0.1, 0.15) is 11.6 Å². The zero-order chi connectivity index (χ0) is 15.2. The molecule has 2 rings (SSSR count). The highest BCUT2D eigenvalue weighted by atomic mass is 19.1. The minimum Gasteiger partial charge on any atom is -0.489 e. The van der Waals surface area contributed by atoms with E-state index in [4.69, 9.17) is 9.47 Å². The van der Waals surface area contributed by atoms with Gasteiger partial charge in [-0.1, -0.05) is 0 Å². The normalized spacial score (nSPS) is 17.8. The van der Waals surface area contributed by atoms with E-state index in [0.29, 0.717) is 18.0 Å². The van der Waals surface area contributed by atoms with Crippen molar-refractivity contribution in [3.63, 3.8) is 0 Å². The summed E-state index contributed by atoms with van der Waals surface area (Å²) in [6.07, 6.45) is 1.97. The summed E-state index contributed by atoms with van der Waals surface area (Å²) in [5.74, 6) is 0.0131. The molecule has 1 aromatic carbocycles. The van der Waals surface area contributed by atoms with Crippen molar-refractivity contribution in [1.82, 2.24) is 5.32 Å². The summed E-state index contributed by atoms with van der Waals surface area (Å²) in [6, 6.07) is 3.64. The minimum atomic E-state index is -0.430. The summed E-state index contributed by atoms with van der Waals surface area (Å²) in [5.41, 5.74) is 0.313. The third-order valence-corrected chi connectivity index (χ3v) is 3.07. The molecule has 1 aliphatic rings. The van der Waals surface area contributed by atoms with Crippen LogP contribution in [0, 0.1) is 5.82 Å². The second-order valence-electron chi connectivity index (χ2n) is 5.28. The lowest BCUT2D eigenvalue weighted by molar-refractivity contribution is 0.112. The van der Waals surface area contributed by atoms with E-state index in [0.717, 1.165) is 19.4 Å². The first-order chi connectivity index (χ1) is 10.0. The molecule has 0 aliphatic carbocycles. The summed E-state index contributed by atoms with van der Waals surface area (Å²) in [7, 11) is 0. The smallest absolute Gasteiger partial charge is 0.319 e. The molecule has 116 valence electrons. The Balaban J connectivity index is 1.93. The zero-order valence-corrected chi connectivity index (χ0v) is 12.3. The summed E-state index contributed by atoms with van der Waals surface area (Å²) in [5, 5.41) is 5.33. The fraction of sp³-hybridized carbons (Fsp3) is 0.533. The van der Waals surface area contributed by atoms with Gasteiger partial charge in [-0.05, 0) is 38.8 Å². The van der Waals surface area contributed by atoms with Gasteiger partial charge in [-0.3, -0.25) is 0 Å². The largest absolute Gasteiger partial charge is 0.489 e. The van der Waals surface area contributed by atoms with Crippen molar-refractivity contribution < 1.29 is 18.7 Å². The van der Waals surface area contributed by atoms with Crippen LogP contribution >= 0.6 is 0 Å². The number of benzene rings is 1. The predicted octanol–water partition coefficient (Wildman–Crippen LogP) is 2.91. The van der Waals surface area contributed by atoms with E-state index in [1.54, 1.807) is 0 Å². The molecule has 1 aliphatic heterocycles. The molecule has 2 N–H and O–H groups in total. The van der Waals surface area contributed by atoms with E-state index in [1.807, 2.05) is 13.8 Å². The van der Waals surface area contributed by atoms with Crippen LogP contribution in [0.1, 0.15) is 26.7 Å². The molecule has 1 atom stereocenters. The molecule has 2 amide bonds. The standard InChI is InChI=1S/C15H21FN2O3/c1-10(2)21-14-6-5-11(16)8-13(14)18-15(19)17-9-12-4-3-7-20-12/h5-6,8,10,12H,3-4,7,9H2,1-2H3,(H2,17,18,19)/t12-/m1/s1. The van der Waals surface area contributed by atoms with Crippen molar-refractivity contribution in [2.45, 2.75) is 38.9 Å². The third kappa shape index (κ3) is 4.90. The number of rotatable bonds is 5. The Labute approximate surface area is 123 Å². The number of carbonyl (C=O) groups is 1. The van der Waals surface area contributed by atoms with Gasteiger partial charge in [0.05, 0.1) is 17.9 Å². The van der Waals surface area contributed by atoms with Crippen LogP contribution < -0.4 is 15.4 Å². The molecule has 1 saturated heterocycles. The van der Waals surface area contributed by atoms with Crippen LogP contribution in [0.2, 0.25) is 0 Å². The van der Waals surface area contributed by atoms with Crippen LogP contribution in [0.3, 0.4) is 0 Å². The van der Waals surface area contributed by atoms with Crippen molar-refractivity contribution in [1.29, 1.82) is 0 Å². The Kier molecular flexibility index (Phi) is 5.38. The molecule has 0 saturated carbocycles. The van der Waals surface area contributed by atoms with Gasteiger partial charge in [0.15, 0.2) is 0 Å². The maximum atomic E-state index is 13.3. The Bertz CT molecular complexity index is 488. The van der Waals surface area contributed by atoms with E-state index >= 15 is 0 Å². The fourth-order valence-corrected chi connectivity index (χ4v) is 2.13. The Morgan fingerprint density at radius 3 is 3.00 bits per heavy atom. The van der Waals surface area contributed by atoms with E-state index in [1.165, 1.54) is 18.2 Å². The average molecular weight is 296 g/mol. The van der Waals surface area contributed by atoms with E-state index in [9.17, 15) is 9.18 Å². The monoisotopic (exact) mass is 296 g/mol. The van der Waals surface area contributed by atoms with Gasteiger partial charge in [-0.2, -0.15) is 0 Å². The van der Waals surface area contributed by atoms with Crippen molar-refractivity contribution >= 4 is 11.7 Å². The van der Waals surface area contributed by atoms with Crippen LogP contribution in [0.15, 0.2) is 18.2 Å². The van der Waals surface area contributed by atoms with Crippen molar-refractivity contribution in [3.8, 4) is 5.75 Å². The van der Waals surface area contributed by atoms with Gasteiger partial charge in [0, 0.05) is 19.2 Å². The molecule has 1 aromatic rings. The highest BCUT2D eigenvalue weighted by molar-refractivity contribution is 5.90. The van der Waals surface area contributed by atoms with Gasteiger partial charge in [0.2, 0.25) is 0 Å². The first-order valence-electron chi connectivity index (χ1n) is 7.17. The molecular formula is C15H21FN2O3. The predicted molar refractivity (Wildman–Crippen MR) is 78.2 cm³/mol. The van der Waals surface area contributed by atoms with Crippen molar-refractivity contribution in [2.75, 3.05) is 18.5 Å². The lowest BCUT2D eigenvalue weighted by Crippen LogP contribution is -2.35. The van der Waals surface area contributed by atoms with Gasteiger partial charge in [-0.25, -0.2) is 9.18 Å². The van der Waals surface area contributed by atoms with E-state index < -0.39 is 11.8 Å². The van der Waals surface area contributed by atoms with Crippen LogP contribution in [0.25, 0.3) is 0 Å². The zero-order valence-electron chi connectivity index (χ0n) is 12.3. The fourth-order valence-electron chi connectivity index (χ4n) is 2.13. The summed E-state index contributed by atoms with van der Waals surface area (Å²) in [6.45, 7) is 4.92. The molecule has 21 heavy (non-hydrogen) atoms. The number of ether oxygens (including phenoxy) is 2. The lowest BCUT2D eigenvalue weighted by atomic mass is 10.2. The molecule has 0 aromatic heterocycles. The molecule has 6 heteroatoms. The SMILES string of the molecule is CC(C)Oc1ccc(F)cc1NC(=O)NC[C@H]1CCCO1. The summed E-state index contributed by atoms with van der Waals surface area (Å²) < 4.78 is 24.3. The van der Waals surface area contributed by atoms with Crippen molar-refractivity contribution in [2.24, 2.45) is 0 Å². The van der Waals surface area contributed by atoms with Crippen LogP contribution in [0.4, 0.5) is 14.9 Å². The maximum absolute atomic E-state index is 13.3. The van der Waals surface area contributed by atoms with Gasteiger partial charge in [-0.15, -0.1) is 0 Å². The summed E-state index contributed by atoms with van der Waals surface area (Å²) in [4.78, 5) is 11.9. The first-order valence-corrected chi connectivity index (χ1v) is 7.17. The summed E-state index contributed by atoms with van der Waals surface area (Å²) >= 11 is 0. The molecule has 5 nitrogen and oxygen atoms in total.